The normalized spacial score (nSPS) is 22.2. The van der Waals surface area contributed by atoms with Crippen LogP contribution in [0.2, 0.25) is 0 Å². The Labute approximate surface area is 114 Å². The fraction of sp³-hybridized carbons (Fsp3) is 0.500. The van der Waals surface area contributed by atoms with E-state index in [0.717, 1.165) is 31.1 Å². The highest BCUT2D eigenvalue weighted by molar-refractivity contribution is 7.88. The first-order valence-corrected chi connectivity index (χ1v) is 8.41. The zero-order valence-electron chi connectivity index (χ0n) is 11.0. The standard InChI is InChI=1S/C14H19NO3S/c1-19(17,18)15-14(11-7-3-2-4-8-11)12-9-5-6-10-13(12)16/h2-4,7-8,12,14-15H,5-6,9-10H2,1H3. The van der Waals surface area contributed by atoms with Gasteiger partial charge in [0.05, 0.1) is 12.3 Å². The predicted octanol–water partition coefficient (Wildman–Crippen LogP) is 2.04. The minimum Gasteiger partial charge on any atom is -0.299 e. The van der Waals surface area contributed by atoms with E-state index in [1.54, 1.807) is 0 Å². The molecule has 1 aliphatic carbocycles. The maximum absolute atomic E-state index is 12.1. The van der Waals surface area contributed by atoms with E-state index in [1.807, 2.05) is 30.3 Å². The van der Waals surface area contributed by atoms with Crippen molar-refractivity contribution in [3.63, 3.8) is 0 Å². The lowest BCUT2D eigenvalue weighted by Gasteiger charge is -2.29. The Kier molecular flexibility index (Phi) is 4.37. The van der Waals surface area contributed by atoms with Crippen LogP contribution < -0.4 is 4.72 Å². The Morgan fingerprint density at radius 1 is 1.21 bits per heavy atom. The average molecular weight is 281 g/mol. The van der Waals surface area contributed by atoms with Gasteiger partial charge in [0.1, 0.15) is 5.78 Å². The van der Waals surface area contributed by atoms with Crippen molar-refractivity contribution in [1.29, 1.82) is 0 Å². The molecule has 1 aromatic rings. The number of nitrogens with one attached hydrogen (secondary N) is 1. The SMILES string of the molecule is CS(=O)(=O)NC(c1ccccc1)C1CCCCC1=O. The second-order valence-electron chi connectivity index (χ2n) is 5.10. The molecule has 1 aromatic carbocycles. The van der Waals surface area contributed by atoms with Crippen molar-refractivity contribution in [2.24, 2.45) is 5.92 Å². The van der Waals surface area contributed by atoms with Gasteiger partial charge in [-0.25, -0.2) is 13.1 Å². The van der Waals surface area contributed by atoms with E-state index < -0.39 is 16.1 Å². The van der Waals surface area contributed by atoms with Crippen molar-refractivity contribution in [2.75, 3.05) is 6.26 Å². The molecule has 0 radical (unpaired) electrons. The van der Waals surface area contributed by atoms with E-state index in [-0.39, 0.29) is 11.7 Å². The van der Waals surface area contributed by atoms with Gasteiger partial charge in [-0.3, -0.25) is 4.79 Å². The third-order valence-corrected chi connectivity index (χ3v) is 4.19. The average Bonchev–Trinajstić information content (AvgIpc) is 2.37. The molecule has 0 aromatic heterocycles. The summed E-state index contributed by atoms with van der Waals surface area (Å²) in [5.41, 5.74) is 0.855. The number of rotatable bonds is 4. The molecule has 2 rings (SSSR count). The molecule has 0 saturated heterocycles. The molecule has 5 heteroatoms. The summed E-state index contributed by atoms with van der Waals surface area (Å²) >= 11 is 0. The number of ketones is 1. The summed E-state index contributed by atoms with van der Waals surface area (Å²) in [6.45, 7) is 0. The van der Waals surface area contributed by atoms with Crippen LogP contribution in [0.15, 0.2) is 30.3 Å². The smallest absolute Gasteiger partial charge is 0.209 e. The van der Waals surface area contributed by atoms with E-state index in [9.17, 15) is 13.2 Å². The third-order valence-electron chi connectivity index (χ3n) is 3.50. The van der Waals surface area contributed by atoms with Crippen molar-refractivity contribution in [3.8, 4) is 0 Å². The van der Waals surface area contributed by atoms with Gasteiger partial charge >= 0.3 is 0 Å². The summed E-state index contributed by atoms with van der Waals surface area (Å²) in [5.74, 6) is -0.0814. The molecule has 0 aliphatic heterocycles. The first kappa shape index (κ1) is 14.2. The maximum atomic E-state index is 12.1. The molecule has 1 N–H and O–H groups in total. The molecule has 4 nitrogen and oxygen atoms in total. The number of hydrogen-bond donors (Lipinski definition) is 1. The van der Waals surface area contributed by atoms with Crippen LogP contribution in [0.25, 0.3) is 0 Å². The molecule has 0 amide bonds. The van der Waals surface area contributed by atoms with Crippen LogP contribution in [0, 0.1) is 5.92 Å². The number of benzene rings is 1. The van der Waals surface area contributed by atoms with E-state index in [2.05, 4.69) is 4.72 Å². The quantitative estimate of drug-likeness (QED) is 0.918. The van der Waals surface area contributed by atoms with Gasteiger partial charge in [0.15, 0.2) is 0 Å². The van der Waals surface area contributed by atoms with E-state index in [0.29, 0.717) is 6.42 Å². The second kappa shape index (κ2) is 5.84. The first-order valence-electron chi connectivity index (χ1n) is 6.52. The molecule has 0 spiro atoms. The molecule has 1 aliphatic rings. The second-order valence-corrected chi connectivity index (χ2v) is 6.88. The Hall–Kier alpha value is -1.20. The summed E-state index contributed by atoms with van der Waals surface area (Å²) in [5, 5.41) is 0. The highest BCUT2D eigenvalue weighted by atomic mass is 32.2. The minimum absolute atomic E-state index is 0.163. The zero-order valence-corrected chi connectivity index (χ0v) is 11.8. The number of hydrogen-bond acceptors (Lipinski definition) is 3. The fourth-order valence-corrected chi connectivity index (χ4v) is 3.40. The maximum Gasteiger partial charge on any atom is 0.209 e. The predicted molar refractivity (Wildman–Crippen MR) is 74.1 cm³/mol. The van der Waals surface area contributed by atoms with Crippen LogP contribution in [-0.2, 0) is 14.8 Å². The minimum atomic E-state index is -3.35. The Morgan fingerprint density at radius 2 is 1.89 bits per heavy atom. The topological polar surface area (TPSA) is 63.2 Å². The first-order chi connectivity index (χ1) is 8.97. The van der Waals surface area contributed by atoms with Gasteiger partial charge < -0.3 is 0 Å². The van der Waals surface area contributed by atoms with Gasteiger partial charge in [0, 0.05) is 12.3 Å². The van der Waals surface area contributed by atoms with Gasteiger partial charge in [0.2, 0.25) is 10.0 Å². The van der Waals surface area contributed by atoms with E-state index >= 15 is 0 Å². The van der Waals surface area contributed by atoms with Crippen molar-refractivity contribution in [1.82, 2.24) is 4.72 Å². The highest BCUT2D eigenvalue weighted by Gasteiger charge is 2.32. The lowest BCUT2D eigenvalue weighted by molar-refractivity contribution is -0.125. The molecule has 2 atom stereocenters. The molecule has 1 saturated carbocycles. The van der Waals surface area contributed by atoms with Gasteiger partial charge in [-0.15, -0.1) is 0 Å². The van der Waals surface area contributed by atoms with Crippen LogP contribution in [-0.4, -0.2) is 20.5 Å². The molecule has 19 heavy (non-hydrogen) atoms. The monoisotopic (exact) mass is 281 g/mol. The highest BCUT2D eigenvalue weighted by Crippen LogP contribution is 2.32. The number of Topliss-reactive ketones (excluding diaryl/α,β-unsaturated/α-hetero) is 1. The molecule has 0 bridgehead atoms. The largest absolute Gasteiger partial charge is 0.299 e. The van der Waals surface area contributed by atoms with Crippen molar-refractivity contribution < 1.29 is 13.2 Å². The number of sulfonamides is 1. The number of carbonyl (C=O) groups is 1. The summed E-state index contributed by atoms with van der Waals surface area (Å²) in [6.07, 6.45) is 4.33. The van der Waals surface area contributed by atoms with Gasteiger partial charge in [-0.1, -0.05) is 36.8 Å². The summed E-state index contributed by atoms with van der Waals surface area (Å²) in [6, 6.07) is 8.89. The van der Waals surface area contributed by atoms with Crippen LogP contribution in [0.3, 0.4) is 0 Å². The Balaban J connectivity index is 2.31. The summed E-state index contributed by atoms with van der Waals surface area (Å²) in [4.78, 5) is 12.1. The summed E-state index contributed by atoms with van der Waals surface area (Å²) in [7, 11) is -3.35. The van der Waals surface area contributed by atoms with Gasteiger partial charge in [-0.2, -0.15) is 0 Å². The van der Waals surface area contributed by atoms with Gasteiger partial charge in [-0.05, 0) is 18.4 Å². The molecular weight excluding hydrogens is 262 g/mol. The van der Waals surface area contributed by atoms with Crippen LogP contribution in [0.1, 0.15) is 37.3 Å². The van der Waals surface area contributed by atoms with E-state index in [1.165, 1.54) is 0 Å². The van der Waals surface area contributed by atoms with Crippen LogP contribution in [0.4, 0.5) is 0 Å². The third kappa shape index (κ3) is 3.88. The van der Waals surface area contributed by atoms with Crippen LogP contribution >= 0.6 is 0 Å². The molecule has 1 fully saturated rings. The summed E-state index contributed by atoms with van der Waals surface area (Å²) < 4.78 is 25.7. The molecule has 104 valence electrons. The Bertz CT molecular complexity index is 539. The lowest BCUT2D eigenvalue weighted by atomic mass is 9.80. The van der Waals surface area contributed by atoms with Crippen molar-refractivity contribution in [3.05, 3.63) is 35.9 Å². The zero-order chi connectivity index (χ0) is 13.9. The fourth-order valence-electron chi connectivity index (χ4n) is 2.64. The van der Waals surface area contributed by atoms with E-state index in [4.69, 9.17) is 0 Å². The molecule has 0 heterocycles. The molecule has 2 unspecified atom stereocenters. The van der Waals surface area contributed by atoms with Gasteiger partial charge in [0.25, 0.3) is 0 Å². The van der Waals surface area contributed by atoms with Crippen LogP contribution in [0.5, 0.6) is 0 Å². The Morgan fingerprint density at radius 3 is 2.47 bits per heavy atom. The lowest BCUT2D eigenvalue weighted by Crippen LogP contribution is -2.37. The van der Waals surface area contributed by atoms with Crippen molar-refractivity contribution in [2.45, 2.75) is 31.7 Å². The molecular formula is C14H19NO3S. The van der Waals surface area contributed by atoms with Crippen molar-refractivity contribution >= 4 is 15.8 Å². The number of carbonyl (C=O) groups excluding carboxylic acids is 1.